The molecule has 2 fully saturated rings. The van der Waals surface area contributed by atoms with E-state index in [1.165, 1.54) is 23.3 Å². The molecule has 25 heavy (non-hydrogen) atoms. The molecule has 0 unspecified atom stereocenters. The Morgan fingerprint density at radius 3 is 2.40 bits per heavy atom. The number of nitrogens with zero attached hydrogens (tertiary/aromatic N) is 1. The highest BCUT2D eigenvalue weighted by molar-refractivity contribution is 6.04. The first-order valence-corrected chi connectivity index (χ1v) is 8.73. The van der Waals surface area contributed by atoms with Gasteiger partial charge >= 0.3 is 5.97 Å². The Kier molecular flexibility index (Phi) is 4.12. The van der Waals surface area contributed by atoms with Crippen LogP contribution in [0.4, 0.5) is 4.39 Å². The molecule has 4 rings (SSSR count). The third kappa shape index (κ3) is 3.63. The van der Waals surface area contributed by atoms with Crippen molar-refractivity contribution < 1.29 is 14.0 Å². The minimum Gasteiger partial charge on any atom is -0.318 e. The van der Waals surface area contributed by atoms with E-state index in [9.17, 15) is 9.18 Å². The number of rotatable bonds is 5. The van der Waals surface area contributed by atoms with Gasteiger partial charge in [0.2, 0.25) is 0 Å². The summed E-state index contributed by atoms with van der Waals surface area (Å²) in [6.45, 7) is 2.07. The van der Waals surface area contributed by atoms with Gasteiger partial charge in [0.05, 0.1) is 11.6 Å². The molecule has 2 atom stereocenters. The van der Waals surface area contributed by atoms with E-state index in [0.29, 0.717) is 5.92 Å². The van der Waals surface area contributed by atoms with Gasteiger partial charge in [-0.05, 0) is 55.4 Å². The predicted molar refractivity (Wildman–Crippen MR) is 93.8 cm³/mol. The number of benzene rings is 2. The van der Waals surface area contributed by atoms with E-state index in [-0.39, 0.29) is 23.6 Å². The number of halogens is 1. The van der Waals surface area contributed by atoms with E-state index >= 15 is 0 Å². The highest BCUT2D eigenvalue weighted by atomic mass is 19.1. The largest absolute Gasteiger partial charge is 0.338 e. The number of oxime groups is 1. The van der Waals surface area contributed by atoms with Crippen LogP contribution >= 0.6 is 0 Å². The van der Waals surface area contributed by atoms with Crippen molar-refractivity contribution in [1.82, 2.24) is 0 Å². The number of carbonyl (C=O) groups excluding carboxylic acids is 1. The maximum absolute atomic E-state index is 13.2. The summed E-state index contributed by atoms with van der Waals surface area (Å²) in [6.07, 6.45) is 2.73. The summed E-state index contributed by atoms with van der Waals surface area (Å²) < 4.78 is 13.2. The summed E-state index contributed by atoms with van der Waals surface area (Å²) in [7, 11) is 0. The molecule has 2 aromatic rings. The van der Waals surface area contributed by atoms with Gasteiger partial charge in [0.1, 0.15) is 5.82 Å². The van der Waals surface area contributed by atoms with Gasteiger partial charge in [0.15, 0.2) is 0 Å². The van der Waals surface area contributed by atoms with Gasteiger partial charge in [-0.15, -0.1) is 0 Å². The van der Waals surface area contributed by atoms with Crippen molar-refractivity contribution in [3.8, 4) is 0 Å². The number of carbonyl (C=O) groups is 1. The maximum Gasteiger partial charge on any atom is 0.338 e. The average molecular weight is 337 g/mol. The van der Waals surface area contributed by atoms with E-state index in [2.05, 4.69) is 36.3 Å². The van der Waals surface area contributed by atoms with E-state index in [1.807, 2.05) is 0 Å². The molecule has 0 aliphatic heterocycles. The van der Waals surface area contributed by atoms with Crippen LogP contribution in [0, 0.1) is 24.6 Å². The van der Waals surface area contributed by atoms with E-state index in [4.69, 9.17) is 4.84 Å². The van der Waals surface area contributed by atoms with Crippen molar-refractivity contribution >= 4 is 11.7 Å². The van der Waals surface area contributed by atoms with Crippen LogP contribution in [0.5, 0.6) is 0 Å². The van der Waals surface area contributed by atoms with Crippen LogP contribution < -0.4 is 0 Å². The molecule has 128 valence electrons. The molecule has 2 aliphatic rings. The van der Waals surface area contributed by atoms with Crippen LogP contribution in [-0.4, -0.2) is 11.7 Å². The molecule has 4 heteroatoms. The van der Waals surface area contributed by atoms with Crippen molar-refractivity contribution in [3.63, 3.8) is 0 Å². The summed E-state index contributed by atoms with van der Waals surface area (Å²) in [5.41, 5.74) is 4.04. The Hall–Kier alpha value is -2.49. The minimum absolute atomic E-state index is 0.00492. The lowest BCUT2D eigenvalue weighted by atomic mass is 10.0. The summed E-state index contributed by atoms with van der Waals surface area (Å²) in [5, 5.41) is 4.18. The van der Waals surface area contributed by atoms with Crippen LogP contribution in [0.2, 0.25) is 0 Å². The van der Waals surface area contributed by atoms with Crippen LogP contribution in [0.1, 0.15) is 41.9 Å². The van der Waals surface area contributed by atoms with Crippen molar-refractivity contribution in [2.75, 3.05) is 0 Å². The fourth-order valence-corrected chi connectivity index (χ4v) is 3.12. The van der Waals surface area contributed by atoms with Crippen LogP contribution in [-0.2, 0) is 9.63 Å². The quantitative estimate of drug-likeness (QED) is 0.454. The molecule has 0 aromatic heterocycles. The Morgan fingerprint density at radius 2 is 1.76 bits per heavy atom. The average Bonchev–Trinajstić information content (AvgIpc) is 3.51. The highest BCUT2D eigenvalue weighted by Gasteiger charge is 2.43. The molecular formula is C21H20FNO2. The lowest BCUT2D eigenvalue weighted by Gasteiger charge is -2.07. The smallest absolute Gasteiger partial charge is 0.318 e. The fourth-order valence-electron chi connectivity index (χ4n) is 3.12. The number of aryl methyl sites for hydroxylation is 1. The molecule has 0 amide bonds. The standard InChI is InChI=1S/C21H20FNO2/c1-13-2-4-14(5-3-13)18-12-19(18)20(15-8-10-17(22)11-9-15)23-25-21(24)16-6-7-16/h2-5,8-11,16,18-19H,6-7,12H2,1H3/b23-20-/t18-,19+/m0/s1. The lowest BCUT2D eigenvalue weighted by molar-refractivity contribution is -0.145. The molecule has 0 spiro atoms. The molecule has 0 radical (unpaired) electrons. The zero-order valence-electron chi connectivity index (χ0n) is 14.1. The minimum atomic E-state index is -0.288. The van der Waals surface area contributed by atoms with Crippen LogP contribution in [0.3, 0.4) is 0 Å². The summed E-state index contributed by atoms with van der Waals surface area (Å²) in [4.78, 5) is 17.0. The Morgan fingerprint density at radius 1 is 1.08 bits per heavy atom. The van der Waals surface area contributed by atoms with Gasteiger partial charge in [-0.2, -0.15) is 0 Å². The monoisotopic (exact) mass is 337 g/mol. The first kappa shape index (κ1) is 16.0. The Labute approximate surface area is 146 Å². The predicted octanol–water partition coefficient (Wildman–Crippen LogP) is 4.60. The first-order valence-electron chi connectivity index (χ1n) is 8.73. The SMILES string of the molecule is Cc1ccc([C@@H]2C[C@H]2/C(=N\OC(=O)C2CC2)c2ccc(F)cc2)cc1. The maximum atomic E-state index is 13.2. The van der Waals surface area contributed by atoms with Gasteiger partial charge in [0.25, 0.3) is 0 Å². The van der Waals surface area contributed by atoms with Crippen molar-refractivity contribution in [3.05, 3.63) is 71.0 Å². The molecule has 2 aliphatic carbocycles. The second kappa shape index (κ2) is 6.43. The molecular weight excluding hydrogens is 317 g/mol. The third-order valence-corrected chi connectivity index (χ3v) is 4.93. The second-order valence-corrected chi connectivity index (χ2v) is 7.03. The lowest BCUT2D eigenvalue weighted by Crippen LogP contribution is -2.10. The van der Waals surface area contributed by atoms with Crippen molar-refractivity contribution in [2.45, 2.75) is 32.1 Å². The van der Waals surface area contributed by atoms with E-state index in [0.717, 1.165) is 30.5 Å². The van der Waals surface area contributed by atoms with Crippen LogP contribution in [0.15, 0.2) is 53.7 Å². The molecule has 0 saturated heterocycles. The topological polar surface area (TPSA) is 38.7 Å². The summed E-state index contributed by atoms with van der Waals surface area (Å²) in [5.74, 6) is 0.0191. The molecule has 0 bridgehead atoms. The first-order chi connectivity index (χ1) is 12.1. The molecule has 0 heterocycles. The fraction of sp³-hybridized carbons (Fsp3) is 0.333. The van der Waals surface area contributed by atoms with Gasteiger partial charge in [-0.1, -0.05) is 47.1 Å². The number of hydrogen-bond acceptors (Lipinski definition) is 3. The second-order valence-electron chi connectivity index (χ2n) is 7.03. The Bertz CT molecular complexity index is 807. The number of hydrogen-bond donors (Lipinski definition) is 0. The highest BCUT2D eigenvalue weighted by Crippen LogP contribution is 2.49. The normalized spacial score (nSPS) is 22.6. The zero-order valence-corrected chi connectivity index (χ0v) is 14.1. The summed E-state index contributed by atoms with van der Waals surface area (Å²) >= 11 is 0. The van der Waals surface area contributed by atoms with Gasteiger partial charge < -0.3 is 4.84 Å². The zero-order chi connectivity index (χ0) is 17.4. The van der Waals surface area contributed by atoms with Crippen molar-refractivity contribution in [1.29, 1.82) is 0 Å². The molecule has 0 N–H and O–H groups in total. The van der Waals surface area contributed by atoms with Gasteiger partial charge in [0, 0.05) is 5.92 Å². The molecule has 2 saturated carbocycles. The van der Waals surface area contributed by atoms with E-state index < -0.39 is 0 Å². The molecule has 2 aromatic carbocycles. The third-order valence-electron chi connectivity index (χ3n) is 4.93. The van der Waals surface area contributed by atoms with Gasteiger partial charge in [-0.3, -0.25) is 0 Å². The molecule has 3 nitrogen and oxygen atoms in total. The van der Waals surface area contributed by atoms with Crippen molar-refractivity contribution in [2.24, 2.45) is 17.0 Å². The van der Waals surface area contributed by atoms with Crippen LogP contribution in [0.25, 0.3) is 0 Å². The van der Waals surface area contributed by atoms with Gasteiger partial charge in [-0.25, -0.2) is 9.18 Å². The van der Waals surface area contributed by atoms with E-state index in [1.54, 1.807) is 12.1 Å². The summed E-state index contributed by atoms with van der Waals surface area (Å²) in [6, 6.07) is 14.7. The Balaban J connectivity index is 1.57.